The van der Waals surface area contributed by atoms with Crippen molar-refractivity contribution < 1.29 is 13.2 Å². The summed E-state index contributed by atoms with van der Waals surface area (Å²) in [5.41, 5.74) is 0. The molecular weight excluding hydrogens is 349 g/mol. The van der Waals surface area contributed by atoms with Crippen molar-refractivity contribution in [3.05, 3.63) is 17.3 Å². The highest BCUT2D eigenvalue weighted by molar-refractivity contribution is 7.18. The van der Waals surface area contributed by atoms with Crippen LogP contribution in [0.3, 0.4) is 0 Å². The third kappa shape index (κ3) is 4.82. The second-order valence-corrected chi connectivity index (χ2v) is 7.97. The molecule has 1 saturated heterocycles. The highest BCUT2D eigenvalue weighted by Gasteiger charge is 2.29. The molecule has 3 rings (SSSR count). The van der Waals surface area contributed by atoms with E-state index in [4.69, 9.17) is 0 Å². The number of halogens is 3. The third-order valence-corrected chi connectivity index (χ3v) is 5.37. The Bertz CT molecular complexity index is 713. The van der Waals surface area contributed by atoms with Gasteiger partial charge in [0.15, 0.2) is 0 Å². The Balaban J connectivity index is 1.81. The van der Waals surface area contributed by atoms with Crippen LogP contribution < -0.4 is 10.2 Å². The van der Waals surface area contributed by atoms with Crippen LogP contribution in [0.5, 0.6) is 0 Å². The summed E-state index contributed by atoms with van der Waals surface area (Å²) in [6.45, 7) is 6.00. The highest BCUT2D eigenvalue weighted by Crippen LogP contribution is 2.34. The molecule has 0 amide bonds. The topological polar surface area (TPSA) is 41.0 Å². The van der Waals surface area contributed by atoms with Crippen LogP contribution in [0.2, 0.25) is 0 Å². The summed E-state index contributed by atoms with van der Waals surface area (Å²) < 4.78 is 38.0. The minimum absolute atomic E-state index is 0.290. The first-order valence-corrected chi connectivity index (χ1v) is 9.44. The zero-order valence-corrected chi connectivity index (χ0v) is 15.3. The quantitative estimate of drug-likeness (QED) is 0.875. The van der Waals surface area contributed by atoms with Crippen LogP contribution in [0.4, 0.5) is 19.0 Å². The molecule has 2 aromatic rings. The lowest BCUT2D eigenvalue weighted by molar-refractivity contribution is -0.126. The molecule has 1 atom stereocenters. The first-order valence-electron chi connectivity index (χ1n) is 8.63. The predicted molar refractivity (Wildman–Crippen MR) is 95.3 cm³/mol. The minimum atomic E-state index is -4.20. The maximum absolute atomic E-state index is 12.7. The van der Waals surface area contributed by atoms with Crippen molar-refractivity contribution in [3.63, 3.8) is 0 Å². The van der Waals surface area contributed by atoms with Gasteiger partial charge in [0, 0.05) is 30.1 Å². The molecular formula is C17H23F3N4S. The van der Waals surface area contributed by atoms with Gasteiger partial charge < -0.3 is 10.2 Å². The van der Waals surface area contributed by atoms with Crippen molar-refractivity contribution in [3.8, 4) is 0 Å². The van der Waals surface area contributed by atoms with Gasteiger partial charge in [-0.1, -0.05) is 13.8 Å². The fraction of sp³-hybridized carbons (Fsp3) is 0.647. The number of aromatic nitrogens is 2. The third-order valence-electron chi connectivity index (χ3n) is 4.33. The number of hydrogen-bond acceptors (Lipinski definition) is 5. The van der Waals surface area contributed by atoms with Crippen molar-refractivity contribution in [1.82, 2.24) is 15.3 Å². The SMILES string of the molecule is CC(C)N[C@H]1CCCN(c2ncnc3sc(CC(F)(F)F)cc23)CC1. The van der Waals surface area contributed by atoms with E-state index in [1.165, 1.54) is 6.33 Å². The maximum atomic E-state index is 12.7. The summed E-state index contributed by atoms with van der Waals surface area (Å²) in [5, 5.41) is 4.32. The van der Waals surface area contributed by atoms with Crippen molar-refractivity contribution in [2.24, 2.45) is 0 Å². The van der Waals surface area contributed by atoms with E-state index in [-0.39, 0.29) is 0 Å². The Morgan fingerprint density at radius 3 is 2.80 bits per heavy atom. The summed E-state index contributed by atoms with van der Waals surface area (Å²) in [7, 11) is 0. The fourth-order valence-electron chi connectivity index (χ4n) is 3.38. The monoisotopic (exact) mass is 372 g/mol. The standard InChI is InChI=1S/C17H23F3N4S/c1-11(2)23-12-4-3-6-24(7-5-12)15-14-8-13(9-17(18,19)20)25-16(14)22-10-21-15/h8,10-12,23H,3-7,9H2,1-2H3/t12-/m0/s1. The van der Waals surface area contributed by atoms with Gasteiger partial charge in [0.25, 0.3) is 0 Å². The minimum Gasteiger partial charge on any atom is -0.356 e. The number of thiophene rings is 1. The Morgan fingerprint density at radius 1 is 1.28 bits per heavy atom. The molecule has 3 heterocycles. The van der Waals surface area contributed by atoms with Crippen LogP contribution >= 0.6 is 11.3 Å². The van der Waals surface area contributed by atoms with E-state index >= 15 is 0 Å². The van der Waals surface area contributed by atoms with E-state index in [0.29, 0.717) is 21.8 Å². The lowest BCUT2D eigenvalue weighted by Gasteiger charge is -2.23. The van der Waals surface area contributed by atoms with Gasteiger partial charge in [0.2, 0.25) is 0 Å². The second-order valence-electron chi connectivity index (χ2n) is 6.86. The molecule has 0 unspecified atom stereocenters. The normalized spacial score (nSPS) is 19.6. The average Bonchev–Trinajstić information content (AvgIpc) is 2.75. The molecule has 0 aliphatic carbocycles. The van der Waals surface area contributed by atoms with Crippen molar-refractivity contribution in [2.45, 2.75) is 57.8 Å². The lowest BCUT2D eigenvalue weighted by atomic mass is 10.1. The summed E-state index contributed by atoms with van der Waals surface area (Å²) in [6, 6.07) is 2.53. The largest absolute Gasteiger partial charge is 0.393 e. The molecule has 0 saturated carbocycles. The zero-order valence-electron chi connectivity index (χ0n) is 14.4. The van der Waals surface area contributed by atoms with E-state index < -0.39 is 12.6 Å². The number of rotatable bonds is 4. The van der Waals surface area contributed by atoms with Crippen LogP contribution in [0.25, 0.3) is 10.2 Å². The van der Waals surface area contributed by atoms with Gasteiger partial charge in [-0.25, -0.2) is 9.97 Å². The summed E-state index contributed by atoms with van der Waals surface area (Å²) >= 11 is 1.11. The molecule has 138 valence electrons. The highest BCUT2D eigenvalue weighted by atomic mass is 32.1. The Kier molecular flexibility index (Phi) is 5.48. The van der Waals surface area contributed by atoms with Crippen molar-refractivity contribution >= 4 is 27.4 Å². The number of nitrogens with one attached hydrogen (secondary N) is 1. The molecule has 2 aromatic heterocycles. The molecule has 1 aliphatic heterocycles. The van der Waals surface area contributed by atoms with Gasteiger partial charge >= 0.3 is 6.18 Å². The van der Waals surface area contributed by atoms with Crippen LogP contribution in [-0.4, -0.2) is 41.3 Å². The second kappa shape index (κ2) is 7.45. The number of fused-ring (bicyclic) bond motifs is 1. The molecule has 0 radical (unpaired) electrons. The first kappa shape index (κ1) is 18.4. The number of alkyl halides is 3. The van der Waals surface area contributed by atoms with Gasteiger partial charge in [0.1, 0.15) is 17.0 Å². The Hall–Kier alpha value is -1.41. The van der Waals surface area contributed by atoms with Crippen LogP contribution in [0.15, 0.2) is 12.4 Å². The molecule has 4 nitrogen and oxygen atoms in total. The molecule has 25 heavy (non-hydrogen) atoms. The first-order chi connectivity index (χ1) is 11.8. The Morgan fingerprint density at radius 2 is 2.08 bits per heavy atom. The van der Waals surface area contributed by atoms with Crippen molar-refractivity contribution in [2.75, 3.05) is 18.0 Å². The molecule has 1 aliphatic rings. The number of anilines is 1. The lowest BCUT2D eigenvalue weighted by Crippen LogP contribution is -2.35. The number of nitrogens with zero attached hydrogens (tertiary/aromatic N) is 3. The summed E-state index contributed by atoms with van der Waals surface area (Å²) in [4.78, 5) is 11.7. The van der Waals surface area contributed by atoms with E-state index in [2.05, 4.69) is 34.0 Å². The Labute approximate surface area is 149 Å². The van der Waals surface area contributed by atoms with E-state index in [9.17, 15) is 13.2 Å². The van der Waals surface area contributed by atoms with Crippen LogP contribution in [0.1, 0.15) is 38.0 Å². The number of hydrogen-bond donors (Lipinski definition) is 1. The maximum Gasteiger partial charge on any atom is 0.393 e. The summed E-state index contributed by atoms with van der Waals surface area (Å²) in [5.74, 6) is 0.764. The van der Waals surface area contributed by atoms with Crippen LogP contribution in [-0.2, 0) is 6.42 Å². The fourth-order valence-corrected chi connectivity index (χ4v) is 4.40. The van der Waals surface area contributed by atoms with E-state index in [1.807, 2.05) is 0 Å². The molecule has 1 fully saturated rings. The zero-order chi connectivity index (χ0) is 18.0. The molecule has 1 N–H and O–H groups in total. The molecule has 8 heteroatoms. The van der Waals surface area contributed by atoms with Gasteiger partial charge in [-0.3, -0.25) is 0 Å². The molecule has 0 spiro atoms. The smallest absolute Gasteiger partial charge is 0.356 e. The van der Waals surface area contributed by atoms with Gasteiger partial charge in [-0.15, -0.1) is 11.3 Å². The molecule has 0 bridgehead atoms. The van der Waals surface area contributed by atoms with Gasteiger partial charge in [-0.05, 0) is 25.3 Å². The van der Waals surface area contributed by atoms with Crippen LogP contribution in [0, 0.1) is 0 Å². The predicted octanol–water partition coefficient (Wildman–Crippen LogP) is 4.15. The summed E-state index contributed by atoms with van der Waals surface area (Å²) in [6.07, 6.45) is -0.508. The molecule has 0 aromatic carbocycles. The van der Waals surface area contributed by atoms with Crippen molar-refractivity contribution in [1.29, 1.82) is 0 Å². The van der Waals surface area contributed by atoms with Gasteiger partial charge in [-0.2, -0.15) is 13.2 Å². The average molecular weight is 372 g/mol. The van der Waals surface area contributed by atoms with Gasteiger partial charge in [0.05, 0.1) is 11.8 Å². The van der Waals surface area contributed by atoms with E-state index in [0.717, 1.165) is 54.9 Å². The van der Waals surface area contributed by atoms with E-state index in [1.54, 1.807) is 6.07 Å².